The number of carbonyl (C=O) groups excluding carboxylic acids is 2. The first-order valence-corrected chi connectivity index (χ1v) is 12.0. The van der Waals surface area contributed by atoms with Gasteiger partial charge in [-0.2, -0.15) is 0 Å². The van der Waals surface area contributed by atoms with Gasteiger partial charge in [0, 0.05) is 43.0 Å². The quantitative estimate of drug-likeness (QED) is 0.253. The number of benzene rings is 4. The molecule has 0 N–H and O–H groups in total. The van der Waals surface area contributed by atoms with Crippen molar-refractivity contribution in [1.29, 1.82) is 0 Å². The van der Waals surface area contributed by atoms with E-state index in [4.69, 9.17) is 0 Å². The van der Waals surface area contributed by atoms with Crippen LogP contribution in [0.4, 0.5) is 0 Å². The Hall–Kier alpha value is -2.82. The Kier molecular flexibility index (Phi) is 4.56. The Balaban J connectivity index is 1.70. The minimum absolute atomic E-state index is 0.0457. The summed E-state index contributed by atoms with van der Waals surface area (Å²) >= 11 is 7.08. The van der Waals surface area contributed by atoms with E-state index >= 15 is 0 Å². The molecule has 32 heavy (non-hydrogen) atoms. The normalized spacial score (nSPS) is 18.4. The second-order valence-electron chi connectivity index (χ2n) is 8.25. The summed E-state index contributed by atoms with van der Waals surface area (Å²) < 4.78 is 1.76. The molecule has 0 saturated heterocycles. The predicted octanol–water partition coefficient (Wildman–Crippen LogP) is 7.26. The zero-order valence-corrected chi connectivity index (χ0v) is 20.0. The van der Waals surface area contributed by atoms with Gasteiger partial charge in [-0.05, 0) is 46.5 Å². The van der Waals surface area contributed by atoms with Crippen LogP contribution in [0, 0.1) is 0 Å². The maximum atomic E-state index is 13.4. The topological polar surface area (TPSA) is 34.1 Å². The smallest absolute Gasteiger partial charge is 0.193 e. The van der Waals surface area contributed by atoms with Gasteiger partial charge in [0.25, 0.3) is 0 Å². The first-order chi connectivity index (χ1) is 15.5. The third-order valence-electron chi connectivity index (χ3n) is 6.60. The first-order valence-electron chi connectivity index (χ1n) is 10.4. The lowest BCUT2D eigenvalue weighted by Gasteiger charge is -2.38. The van der Waals surface area contributed by atoms with Crippen molar-refractivity contribution >= 4 is 43.4 Å². The lowest BCUT2D eigenvalue weighted by atomic mass is 9.64. The van der Waals surface area contributed by atoms with E-state index in [9.17, 15) is 9.59 Å². The maximum absolute atomic E-state index is 13.4. The fourth-order valence-corrected chi connectivity index (χ4v) is 6.01. The number of ketones is 2. The minimum atomic E-state index is -0.0822. The molecule has 4 heteroatoms. The number of fused-ring (bicyclic) bond motifs is 4. The summed E-state index contributed by atoms with van der Waals surface area (Å²) in [5.74, 6) is -0.0731. The maximum Gasteiger partial charge on any atom is 0.193 e. The molecule has 0 aromatic heterocycles. The van der Waals surface area contributed by atoms with Crippen molar-refractivity contribution in [3.8, 4) is 0 Å². The van der Waals surface area contributed by atoms with E-state index in [0.29, 0.717) is 0 Å². The molecule has 0 aliphatic heterocycles. The molecule has 4 aromatic rings. The first kappa shape index (κ1) is 19.8. The summed E-state index contributed by atoms with van der Waals surface area (Å²) in [6.45, 7) is 0. The zero-order valence-electron chi connectivity index (χ0n) is 16.8. The Bertz CT molecular complexity index is 1340. The summed E-state index contributed by atoms with van der Waals surface area (Å²) in [5, 5.41) is 0. The number of rotatable bonds is 1. The monoisotopic (exact) mass is 542 g/mol. The van der Waals surface area contributed by atoms with Gasteiger partial charge in [-0.1, -0.05) is 92.5 Å². The van der Waals surface area contributed by atoms with Gasteiger partial charge in [0.05, 0.1) is 0 Å². The molecule has 0 radical (unpaired) electrons. The summed E-state index contributed by atoms with van der Waals surface area (Å²) in [6.07, 6.45) is 0. The fraction of sp³-hybridized carbons (Fsp3) is 0.0714. The van der Waals surface area contributed by atoms with Crippen LogP contribution in [0.5, 0.6) is 0 Å². The molecule has 2 atom stereocenters. The highest BCUT2D eigenvalue weighted by Gasteiger charge is 2.41. The van der Waals surface area contributed by atoms with Gasteiger partial charge >= 0.3 is 0 Å². The van der Waals surface area contributed by atoms with Crippen LogP contribution in [0.25, 0.3) is 0 Å². The highest BCUT2D eigenvalue weighted by Crippen LogP contribution is 2.51. The van der Waals surface area contributed by atoms with Gasteiger partial charge in [-0.25, -0.2) is 0 Å². The highest BCUT2D eigenvalue weighted by atomic mass is 79.9. The Labute approximate surface area is 202 Å². The summed E-state index contributed by atoms with van der Waals surface area (Å²) in [6, 6.07) is 27.7. The van der Waals surface area contributed by atoms with E-state index in [1.165, 1.54) is 0 Å². The molecule has 0 heterocycles. The second-order valence-corrected chi connectivity index (χ2v) is 10.1. The Morgan fingerprint density at radius 1 is 0.469 bits per heavy atom. The lowest BCUT2D eigenvalue weighted by molar-refractivity contribution is 0.102. The van der Waals surface area contributed by atoms with Crippen LogP contribution in [0.1, 0.15) is 65.9 Å². The molecule has 0 amide bonds. The highest BCUT2D eigenvalue weighted by molar-refractivity contribution is 9.10. The molecule has 2 aliphatic carbocycles. The van der Waals surface area contributed by atoms with Crippen LogP contribution in [0.3, 0.4) is 0 Å². The minimum Gasteiger partial charge on any atom is -0.289 e. The molecular formula is C28H16Br2O2. The van der Waals surface area contributed by atoms with E-state index in [2.05, 4.69) is 56.1 Å². The van der Waals surface area contributed by atoms with Gasteiger partial charge in [0.2, 0.25) is 0 Å². The molecule has 2 nitrogen and oxygen atoms in total. The molecule has 0 fully saturated rings. The van der Waals surface area contributed by atoms with E-state index in [1.807, 2.05) is 60.7 Å². The van der Waals surface area contributed by atoms with Gasteiger partial charge in [-0.15, -0.1) is 0 Å². The third kappa shape index (κ3) is 2.83. The summed E-state index contributed by atoms with van der Waals surface area (Å²) in [7, 11) is 0. The third-order valence-corrected chi connectivity index (χ3v) is 7.59. The molecule has 2 aliphatic rings. The van der Waals surface area contributed by atoms with Crippen molar-refractivity contribution in [2.45, 2.75) is 11.8 Å². The number of hydrogen-bond donors (Lipinski definition) is 0. The van der Waals surface area contributed by atoms with Crippen LogP contribution in [0.15, 0.2) is 93.9 Å². The molecule has 0 unspecified atom stereocenters. The van der Waals surface area contributed by atoms with Crippen LogP contribution in [-0.2, 0) is 0 Å². The van der Waals surface area contributed by atoms with Crippen molar-refractivity contribution in [3.05, 3.63) is 138 Å². The summed E-state index contributed by atoms with van der Waals surface area (Å²) in [4.78, 5) is 26.8. The number of hydrogen-bond acceptors (Lipinski definition) is 2. The van der Waals surface area contributed by atoms with Crippen LogP contribution in [-0.4, -0.2) is 11.6 Å². The Morgan fingerprint density at radius 2 is 0.844 bits per heavy atom. The molecular weight excluding hydrogens is 528 g/mol. The molecule has 4 aromatic carbocycles. The molecule has 0 saturated carbocycles. The Morgan fingerprint density at radius 3 is 1.28 bits per heavy atom. The molecule has 6 rings (SSSR count). The van der Waals surface area contributed by atoms with Crippen molar-refractivity contribution in [3.63, 3.8) is 0 Å². The lowest BCUT2D eigenvalue weighted by Crippen LogP contribution is -2.29. The fourth-order valence-electron chi connectivity index (χ4n) is 5.29. The van der Waals surface area contributed by atoms with Crippen molar-refractivity contribution in [2.24, 2.45) is 0 Å². The number of halogens is 2. The number of carbonyl (C=O) groups is 2. The van der Waals surface area contributed by atoms with Crippen molar-refractivity contribution in [2.75, 3.05) is 0 Å². The van der Waals surface area contributed by atoms with E-state index in [1.54, 1.807) is 0 Å². The standard InChI is InChI=1S/C28H16Br2O2/c29-15-9-11-19-23(13-15)27(31)21-7-3-1-5-17(21)25(19)26-18-6-2-4-8-22(18)28(32)24-14-16(30)10-12-20(24)26/h1-14,25-26H/t25-,26+. The van der Waals surface area contributed by atoms with E-state index in [0.717, 1.165) is 53.5 Å². The van der Waals surface area contributed by atoms with Gasteiger partial charge < -0.3 is 0 Å². The summed E-state index contributed by atoms with van der Waals surface area (Å²) in [5.41, 5.74) is 6.92. The predicted molar refractivity (Wildman–Crippen MR) is 132 cm³/mol. The van der Waals surface area contributed by atoms with Crippen molar-refractivity contribution in [1.82, 2.24) is 0 Å². The molecule has 0 bridgehead atoms. The largest absolute Gasteiger partial charge is 0.289 e. The molecule has 154 valence electrons. The molecule has 0 spiro atoms. The second kappa shape index (κ2) is 7.36. The van der Waals surface area contributed by atoms with Crippen LogP contribution < -0.4 is 0 Å². The SMILES string of the molecule is O=C1c2ccccc2[C@@H]([C@H]2c3ccccc3C(=O)c3cc(Br)ccc32)c2ccc(Br)cc21. The average molecular weight is 544 g/mol. The van der Waals surface area contributed by atoms with Crippen LogP contribution in [0.2, 0.25) is 0 Å². The van der Waals surface area contributed by atoms with Gasteiger partial charge in [0.1, 0.15) is 0 Å². The van der Waals surface area contributed by atoms with E-state index in [-0.39, 0.29) is 23.4 Å². The zero-order chi connectivity index (χ0) is 22.0. The van der Waals surface area contributed by atoms with Gasteiger partial charge in [0.15, 0.2) is 11.6 Å². The van der Waals surface area contributed by atoms with Gasteiger partial charge in [-0.3, -0.25) is 9.59 Å². The van der Waals surface area contributed by atoms with E-state index < -0.39 is 0 Å². The van der Waals surface area contributed by atoms with Crippen molar-refractivity contribution < 1.29 is 9.59 Å². The van der Waals surface area contributed by atoms with Crippen LogP contribution >= 0.6 is 31.9 Å². The average Bonchev–Trinajstić information content (AvgIpc) is 2.81.